The van der Waals surface area contributed by atoms with E-state index in [1.165, 1.54) is 0 Å². The monoisotopic (exact) mass is 358 g/mol. The Morgan fingerprint density at radius 3 is 2.74 bits per heavy atom. The van der Waals surface area contributed by atoms with Crippen LogP contribution in [0.1, 0.15) is 24.4 Å². The van der Waals surface area contributed by atoms with E-state index in [-0.39, 0.29) is 36.1 Å². The second kappa shape index (κ2) is 6.85. The number of hydrogen-bond donors (Lipinski definition) is 3. The van der Waals surface area contributed by atoms with E-state index >= 15 is 0 Å². The van der Waals surface area contributed by atoms with Crippen molar-refractivity contribution < 1.29 is 15.0 Å². The van der Waals surface area contributed by atoms with E-state index in [4.69, 9.17) is 28.3 Å². The van der Waals surface area contributed by atoms with Crippen LogP contribution in [0.2, 0.25) is 10.0 Å². The lowest BCUT2D eigenvalue weighted by Gasteiger charge is -2.38. The van der Waals surface area contributed by atoms with Gasteiger partial charge in [0.15, 0.2) is 0 Å². The van der Waals surface area contributed by atoms with E-state index in [1.54, 1.807) is 17.0 Å². The van der Waals surface area contributed by atoms with Crippen LogP contribution < -0.4 is 5.32 Å². The average molecular weight is 359 g/mol. The number of phenols is 1. The van der Waals surface area contributed by atoms with Crippen LogP contribution in [0.15, 0.2) is 12.1 Å². The van der Waals surface area contributed by atoms with Crippen LogP contribution in [0.5, 0.6) is 5.75 Å². The molecule has 1 aromatic rings. The van der Waals surface area contributed by atoms with Gasteiger partial charge in [-0.1, -0.05) is 23.2 Å². The maximum atomic E-state index is 12.2. The number of halogens is 2. The lowest BCUT2D eigenvalue weighted by atomic mass is 9.94. The van der Waals surface area contributed by atoms with Crippen LogP contribution in [0.3, 0.4) is 0 Å². The number of aromatic hydroxyl groups is 1. The van der Waals surface area contributed by atoms with Gasteiger partial charge in [-0.05, 0) is 31.0 Å². The maximum absolute atomic E-state index is 12.2. The molecule has 126 valence electrons. The lowest BCUT2D eigenvalue weighted by molar-refractivity contribution is -0.139. The van der Waals surface area contributed by atoms with E-state index in [0.29, 0.717) is 41.7 Å². The minimum atomic E-state index is -0.0967. The third-order valence-corrected chi connectivity index (χ3v) is 5.53. The molecule has 2 fully saturated rings. The number of aliphatic hydroxyl groups excluding tert-OH is 1. The third kappa shape index (κ3) is 3.43. The molecule has 0 saturated carbocycles. The fourth-order valence-electron chi connectivity index (χ4n) is 3.34. The maximum Gasteiger partial charge on any atom is 0.222 e. The Kier molecular flexibility index (Phi) is 5.01. The summed E-state index contributed by atoms with van der Waals surface area (Å²) in [5.74, 6) is 0.687. The Bertz CT molecular complexity index is 605. The molecule has 0 radical (unpaired) electrons. The number of hydrogen-bond acceptors (Lipinski definition) is 4. The van der Waals surface area contributed by atoms with E-state index in [2.05, 4.69) is 5.32 Å². The molecule has 3 N–H and O–H groups in total. The fourth-order valence-corrected chi connectivity index (χ4v) is 3.79. The second-order valence-electron chi connectivity index (χ2n) is 6.41. The first-order chi connectivity index (χ1) is 11.0. The van der Waals surface area contributed by atoms with Crippen molar-refractivity contribution >= 4 is 29.1 Å². The molecule has 5 nitrogen and oxygen atoms in total. The van der Waals surface area contributed by atoms with Gasteiger partial charge in [-0.2, -0.15) is 0 Å². The number of amides is 1. The number of rotatable bonds is 4. The molecule has 7 heteroatoms. The summed E-state index contributed by atoms with van der Waals surface area (Å²) in [7, 11) is 0. The van der Waals surface area contributed by atoms with Crippen molar-refractivity contribution in [2.75, 3.05) is 26.2 Å². The van der Waals surface area contributed by atoms with Crippen LogP contribution in [-0.4, -0.2) is 47.3 Å². The highest BCUT2D eigenvalue weighted by Crippen LogP contribution is 2.41. The van der Waals surface area contributed by atoms with Gasteiger partial charge in [0.1, 0.15) is 5.75 Å². The predicted molar refractivity (Wildman–Crippen MR) is 88.8 cm³/mol. The van der Waals surface area contributed by atoms with E-state index in [1.807, 2.05) is 0 Å². The first-order valence-electron chi connectivity index (χ1n) is 7.78. The normalized spacial score (nSPS) is 24.7. The standard InChI is InChI=1S/C16H20Cl2N2O3/c17-11-1-2-13(22)15(16(11)18)12-3-9(5-19-12)4-14(23)20-6-10(7-20)8-21/h1-2,9-10,12,19,21-22H,3-8H2. The van der Waals surface area contributed by atoms with Crippen LogP contribution in [0, 0.1) is 11.8 Å². The fraction of sp³-hybridized carbons (Fsp3) is 0.562. The zero-order valence-electron chi connectivity index (χ0n) is 12.6. The summed E-state index contributed by atoms with van der Waals surface area (Å²) in [5, 5.41) is 23.2. The molecule has 0 aliphatic carbocycles. The van der Waals surface area contributed by atoms with Gasteiger partial charge in [0.25, 0.3) is 0 Å². The molecular formula is C16H20Cl2N2O3. The molecule has 23 heavy (non-hydrogen) atoms. The van der Waals surface area contributed by atoms with Crippen molar-refractivity contribution in [2.24, 2.45) is 11.8 Å². The molecule has 2 unspecified atom stereocenters. The molecular weight excluding hydrogens is 339 g/mol. The van der Waals surface area contributed by atoms with Crippen molar-refractivity contribution in [2.45, 2.75) is 18.9 Å². The quantitative estimate of drug-likeness (QED) is 0.771. The molecule has 0 aromatic heterocycles. The summed E-state index contributed by atoms with van der Waals surface area (Å²) < 4.78 is 0. The van der Waals surface area contributed by atoms with Crippen molar-refractivity contribution in [1.82, 2.24) is 10.2 Å². The highest BCUT2D eigenvalue weighted by Gasteiger charge is 2.34. The first-order valence-corrected chi connectivity index (χ1v) is 8.54. The van der Waals surface area contributed by atoms with Crippen LogP contribution >= 0.6 is 23.2 Å². The minimum Gasteiger partial charge on any atom is -0.508 e. The summed E-state index contributed by atoms with van der Waals surface area (Å²) in [6.45, 7) is 2.15. The number of aliphatic hydroxyl groups is 1. The van der Waals surface area contributed by atoms with Gasteiger partial charge in [-0.15, -0.1) is 0 Å². The summed E-state index contributed by atoms with van der Waals surface area (Å²) in [6, 6.07) is 3.01. The highest BCUT2D eigenvalue weighted by atomic mass is 35.5. The number of likely N-dealkylation sites (tertiary alicyclic amines) is 1. The Balaban J connectivity index is 1.59. The van der Waals surface area contributed by atoms with E-state index in [9.17, 15) is 9.90 Å². The zero-order valence-corrected chi connectivity index (χ0v) is 14.1. The number of carbonyl (C=O) groups is 1. The molecule has 1 amide bonds. The van der Waals surface area contributed by atoms with Gasteiger partial charge in [0.05, 0.1) is 10.0 Å². The molecule has 2 aliphatic heterocycles. The van der Waals surface area contributed by atoms with Crippen LogP contribution in [0.4, 0.5) is 0 Å². The van der Waals surface area contributed by atoms with Gasteiger partial charge in [-0.25, -0.2) is 0 Å². The van der Waals surface area contributed by atoms with Crippen molar-refractivity contribution in [1.29, 1.82) is 0 Å². The zero-order chi connectivity index (χ0) is 16.6. The minimum absolute atomic E-state index is 0.0967. The molecule has 2 saturated heterocycles. The van der Waals surface area contributed by atoms with Crippen LogP contribution in [0.25, 0.3) is 0 Å². The van der Waals surface area contributed by atoms with Gasteiger partial charge < -0.3 is 20.4 Å². The molecule has 2 aliphatic rings. The topological polar surface area (TPSA) is 72.8 Å². The lowest BCUT2D eigenvalue weighted by Crippen LogP contribution is -2.51. The average Bonchev–Trinajstić information content (AvgIpc) is 2.90. The smallest absolute Gasteiger partial charge is 0.222 e. The van der Waals surface area contributed by atoms with Crippen LogP contribution in [-0.2, 0) is 4.79 Å². The Labute approximate surface area is 145 Å². The summed E-state index contributed by atoms with van der Waals surface area (Å²) in [5.41, 5.74) is 0.610. The molecule has 0 spiro atoms. The number of phenolic OH excluding ortho intramolecular Hbond substituents is 1. The van der Waals surface area contributed by atoms with Gasteiger partial charge in [0, 0.05) is 43.6 Å². The largest absolute Gasteiger partial charge is 0.508 e. The van der Waals surface area contributed by atoms with Gasteiger partial charge in [0.2, 0.25) is 5.91 Å². The van der Waals surface area contributed by atoms with Gasteiger partial charge >= 0.3 is 0 Å². The molecule has 2 atom stereocenters. The Morgan fingerprint density at radius 2 is 2.04 bits per heavy atom. The SMILES string of the molecule is O=C(CC1CNC(c2c(O)ccc(Cl)c2Cl)C1)N1CC(CO)C1. The first kappa shape index (κ1) is 16.8. The van der Waals surface area contributed by atoms with Crippen molar-refractivity contribution in [3.63, 3.8) is 0 Å². The number of nitrogens with zero attached hydrogens (tertiary/aromatic N) is 1. The number of benzene rings is 1. The summed E-state index contributed by atoms with van der Waals surface area (Å²) >= 11 is 12.2. The Morgan fingerprint density at radius 1 is 1.30 bits per heavy atom. The summed E-state index contributed by atoms with van der Waals surface area (Å²) in [6.07, 6.45) is 1.21. The van der Waals surface area contributed by atoms with Crippen molar-refractivity contribution in [3.05, 3.63) is 27.7 Å². The van der Waals surface area contributed by atoms with Crippen molar-refractivity contribution in [3.8, 4) is 5.75 Å². The summed E-state index contributed by atoms with van der Waals surface area (Å²) in [4.78, 5) is 14.0. The molecule has 2 heterocycles. The molecule has 3 rings (SSSR count). The predicted octanol–water partition coefficient (Wildman–Crippen LogP) is 2.19. The van der Waals surface area contributed by atoms with E-state index in [0.717, 1.165) is 6.42 Å². The molecule has 0 bridgehead atoms. The Hall–Kier alpha value is -1.01. The second-order valence-corrected chi connectivity index (χ2v) is 7.19. The third-order valence-electron chi connectivity index (χ3n) is 4.71. The number of nitrogens with one attached hydrogen (secondary N) is 1. The highest BCUT2D eigenvalue weighted by molar-refractivity contribution is 6.42. The van der Waals surface area contributed by atoms with Gasteiger partial charge in [-0.3, -0.25) is 4.79 Å². The number of carbonyl (C=O) groups excluding carboxylic acids is 1. The molecule has 1 aromatic carbocycles. The van der Waals surface area contributed by atoms with E-state index < -0.39 is 0 Å².